The lowest BCUT2D eigenvalue weighted by Crippen LogP contribution is -2.32. The second kappa shape index (κ2) is 8.21. The topological polar surface area (TPSA) is 58.6 Å². The van der Waals surface area contributed by atoms with Gasteiger partial charge >= 0.3 is 0 Å². The number of nitrogens with zero attached hydrogens (tertiary/aromatic N) is 1. The molecule has 0 aliphatic carbocycles. The molecule has 2 amide bonds. The van der Waals surface area contributed by atoms with Crippen LogP contribution in [0.4, 0.5) is 10.1 Å². The Labute approximate surface area is 173 Å². The van der Waals surface area contributed by atoms with Gasteiger partial charge < -0.3 is 10.1 Å². The van der Waals surface area contributed by atoms with Crippen molar-refractivity contribution in [3.63, 3.8) is 0 Å². The number of rotatable bonds is 6. The summed E-state index contributed by atoms with van der Waals surface area (Å²) >= 11 is 0. The van der Waals surface area contributed by atoms with Crippen LogP contribution in [-0.4, -0.2) is 23.8 Å². The minimum absolute atomic E-state index is 0.132. The van der Waals surface area contributed by atoms with Gasteiger partial charge in [-0.15, -0.1) is 0 Å². The average molecular weight is 402 g/mol. The molecule has 5 nitrogen and oxygen atoms in total. The zero-order valence-electron chi connectivity index (χ0n) is 16.3. The Bertz CT molecular complexity index is 1140. The van der Waals surface area contributed by atoms with Crippen LogP contribution in [0.3, 0.4) is 0 Å². The van der Waals surface area contributed by atoms with Crippen LogP contribution in [0.2, 0.25) is 0 Å². The number of benzene rings is 3. The highest BCUT2D eigenvalue weighted by molar-refractivity contribution is 6.36. The number of hydrogen-bond acceptors (Lipinski definition) is 4. The van der Waals surface area contributed by atoms with E-state index in [0.29, 0.717) is 17.0 Å². The molecule has 1 N–H and O–H groups in total. The monoisotopic (exact) mass is 402 g/mol. The third-order valence-electron chi connectivity index (χ3n) is 4.87. The molecular weight excluding hydrogens is 383 g/mol. The largest absolute Gasteiger partial charge is 0.496 e. The first-order valence-electron chi connectivity index (χ1n) is 9.39. The van der Waals surface area contributed by atoms with E-state index in [0.717, 1.165) is 4.90 Å². The van der Waals surface area contributed by atoms with Crippen molar-refractivity contribution in [3.8, 4) is 5.75 Å². The SMILES string of the molecule is COc1ccccc1C1=C(Nc2ccccc2)C(=O)N(Cc2ccccc2F)C1=O. The molecule has 150 valence electrons. The summed E-state index contributed by atoms with van der Waals surface area (Å²) in [5.41, 5.74) is 1.74. The summed E-state index contributed by atoms with van der Waals surface area (Å²) in [6.07, 6.45) is 0. The van der Waals surface area contributed by atoms with Crippen molar-refractivity contribution in [2.24, 2.45) is 0 Å². The van der Waals surface area contributed by atoms with E-state index in [4.69, 9.17) is 4.74 Å². The molecule has 0 radical (unpaired) electrons. The minimum atomic E-state index is -0.520. The van der Waals surface area contributed by atoms with Gasteiger partial charge in [0, 0.05) is 16.8 Å². The molecule has 0 saturated carbocycles. The van der Waals surface area contributed by atoms with Crippen molar-refractivity contribution >= 4 is 23.1 Å². The van der Waals surface area contributed by atoms with E-state index in [9.17, 15) is 14.0 Å². The van der Waals surface area contributed by atoms with Crippen molar-refractivity contribution in [2.75, 3.05) is 12.4 Å². The number of halogens is 1. The molecule has 3 aromatic carbocycles. The highest BCUT2D eigenvalue weighted by atomic mass is 19.1. The molecule has 4 rings (SSSR count). The van der Waals surface area contributed by atoms with Gasteiger partial charge in [0.1, 0.15) is 17.3 Å². The number of methoxy groups -OCH3 is 1. The van der Waals surface area contributed by atoms with Crippen LogP contribution >= 0.6 is 0 Å². The lowest BCUT2D eigenvalue weighted by molar-refractivity contribution is -0.137. The lowest BCUT2D eigenvalue weighted by atomic mass is 10.0. The maximum atomic E-state index is 14.2. The molecule has 0 unspecified atom stereocenters. The minimum Gasteiger partial charge on any atom is -0.496 e. The lowest BCUT2D eigenvalue weighted by Gasteiger charge is -2.16. The van der Waals surface area contributed by atoms with Gasteiger partial charge in [0.15, 0.2) is 0 Å². The second-order valence-electron chi connectivity index (χ2n) is 6.73. The van der Waals surface area contributed by atoms with E-state index in [2.05, 4.69) is 5.32 Å². The first-order valence-corrected chi connectivity index (χ1v) is 9.39. The Morgan fingerprint density at radius 1 is 0.867 bits per heavy atom. The molecule has 0 spiro atoms. The van der Waals surface area contributed by atoms with Crippen LogP contribution in [0, 0.1) is 5.82 Å². The Balaban J connectivity index is 1.79. The number of carbonyl (C=O) groups is 2. The molecule has 1 heterocycles. The summed E-state index contributed by atoms with van der Waals surface area (Å²) in [6.45, 7) is -0.164. The molecule has 0 aromatic heterocycles. The quantitative estimate of drug-likeness (QED) is 0.627. The molecule has 0 saturated heterocycles. The average Bonchev–Trinajstić information content (AvgIpc) is 3.00. The summed E-state index contributed by atoms with van der Waals surface area (Å²) in [5.74, 6) is -1.03. The molecule has 0 fully saturated rings. The van der Waals surface area contributed by atoms with E-state index in [-0.39, 0.29) is 23.4 Å². The molecule has 6 heteroatoms. The normalized spacial score (nSPS) is 13.7. The van der Waals surface area contributed by atoms with Crippen molar-refractivity contribution < 1.29 is 18.7 Å². The predicted molar refractivity (Wildman–Crippen MR) is 112 cm³/mol. The molecular formula is C24H19FN2O3. The van der Waals surface area contributed by atoms with Crippen LogP contribution in [0.1, 0.15) is 11.1 Å². The Morgan fingerprint density at radius 2 is 1.53 bits per heavy atom. The third-order valence-corrected chi connectivity index (χ3v) is 4.87. The predicted octanol–water partition coefficient (Wildman–Crippen LogP) is 4.23. The van der Waals surface area contributed by atoms with Gasteiger partial charge in [-0.3, -0.25) is 14.5 Å². The van der Waals surface area contributed by atoms with Gasteiger partial charge in [-0.1, -0.05) is 54.6 Å². The van der Waals surface area contributed by atoms with Crippen molar-refractivity contribution in [1.82, 2.24) is 4.90 Å². The van der Waals surface area contributed by atoms with Crippen LogP contribution in [-0.2, 0) is 16.1 Å². The van der Waals surface area contributed by atoms with Crippen LogP contribution in [0.25, 0.3) is 5.57 Å². The smallest absolute Gasteiger partial charge is 0.278 e. The Hall–Kier alpha value is -3.93. The summed E-state index contributed by atoms with van der Waals surface area (Å²) in [5, 5.41) is 3.07. The number of para-hydroxylation sites is 2. The Morgan fingerprint density at radius 3 is 2.27 bits per heavy atom. The number of hydrogen-bond donors (Lipinski definition) is 1. The maximum absolute atomic E-state index is 14.2. The standard InChI is InChI=1S/C24H19FN2O3/c1-30-20-14-8-6-12-18(20)21-22(26-17-10-3-2-4-11-17)24(29)27(23(21)28)15-16-9-5-7-13-19(16)25/h2-14,26H,15H2,1H3. The second-order valence-corrected chi connectivity index (χ2v) is 6.73. The molecule has 30 heavy (non-hydrogen) atoms. The highest BCUT2D eigenvalue weighted by Gasteiger charge is 2.40. The number of amides is 2. The summed E-state index contributed by atoms with van der Waals surface area (Å²) in [6, 6.07) is 22.2. The van der Waals surface area contributed by atoms with Gasteiger partial charge in [-0.25, -0.2) is 4.39 Å². The van der Waals surface area contributed by atoms with E-state index < -0.39 is 17.6 Å². The summed E-state index contributed by atoms with van der Waals surface area (Å²) < 4.78 is 19.6. The van der Waals surface area contributed by atoms with Gasteiger partial charge in [0.25, 0.3) is 11.8 Å². The summed E-state index contributed by atoms with van der Waals surface area (Å²) in [4.78, 5) is 27.6. The molecule has 0 atom stereocenters. The van der Waals surface area contributed by atoms with Crippen LogP contribution in [0.15, 0.2) is 84.6 Å². The molecule has 1 aliphatic rings. The van der Waals surface area contributed by atoms with E-state index >= 15 is 0 Å². The maximum Gasteiger partial charge on any atom is 0.278 e. The number of carbonyl (C=O) groups excluding carboxylic acids is 2. The fourth-order valence-corrected chi connectivity index (χ4v) is 3.40. The number of imide groups is 1. The number of ether oxygens (including phenoxy) is 1. The first kappa shape index (κ1) is 19.4. The molecule has 1 aliphatic heterocycles. The zero-order chi connectivity index (χ0) is 21.1. The van der Waals surface area contributed by atoms with E-state index in [1.165, 1.54) is 13.2 Å². The third kappa shape index (κ3) is 3.55. The van der Waals surface area contributed by atoms with Crippen molar-refractivity contribution in [1.29, 1.82) is 0 Å². The van der Waals surface area contributed by atoms with Crippen LogP contribution in [0.5, 0.6) is 5.75 Å². The number of anilines is 1. The summed E-state index contributed by atoms with van der Waals surface area (Å²) in [7, 11) is 1.50. The zero-order valence-corrected chi connectivity index (χ0v) is 16.3. The van der Waals surface area contributed by atoms with E-state index in [1.807, 2.05) is 18.2 Å². The number of nitrogens with one attached hydrogen (secondary N) is 1. The van der Waals surface area contributed by atoms with E-state index in [1.54, 1.807) is 54.6 Å². The van der Waals surface area contributed by atoms with Crippen LogP contribution < -0.4 is 10.1 Å². The first-order chi connectivity index (χ1) is 14.6. The van der Waals surface area contributed by atoms with Gasteiger partial charge in [-0.05, 0) is 24.3 Å². The van der Waals surface area contributed by atoms with Gasteiger partial charge in [0.2, 0.25) is 0 Å². The van der Waals surface area contributed by atoms with Gasteiger partial charge in [-0.2, -0.15) is 0 Å². The van der Waals surface area contributed by atoms with Gasteiger partial charge in [0.05, 0.1) is 19.2 Å². The fraction of sp³-hybridized carbons (Fsp3) is 0.0833. The Kier molecular flexibility index (Phi) is 5.30. The molecule has 0 bridgehead atoms. The van der Waals surface area contributed by atoms with Crippen molar-refractivity contribution in [2.45, 2.75) is 6.54 Å². The molecule has 3 aromatic rings. The highest BCUT2D eigenvalue weighted by Crippen LogP contribution is 2.36. The van der Waals surface area contributed by atoms with Crippen molar-refractivity contribution in [3.05, 3.63) is 102 Å². The fourth-order valence-electron chi connectivity index (χ4n) is 3.40.